The van der Waals surface area contributed by atoms with Crippen molar-refractivity contribution in [1.82, 2.24) is 10.2 Å². The number of hydrogen-bond donors (Lipinski definition) is 1. The van der Waals surface area contributed by atoms with E-state index < -0.39 is 0 Å². The Bertz CT molecular complexity index is 170. The van der Waals surface area contributed by atoms with Crippen LogP contribution in [0.5, 0.6) is 0 Å². The summed E-state index contributed by atoms with van der Waals surface area (Å²) in [6.07, 6.45) is 9.05. The molecule has 1 N–H and O–H groups in total. The average molecular weight is 256 g/mol. The minimum atomic E-state index is 0.919. The molecule has 1 heterocycles. The molecule has 0 bridgehead atoms. The Hall–Kier alpha value is -0.120. The predicted molar refractivity (Wildman–Crippen MR) is 78.1 cm³/mol. The van der Waals surface area contributed by atoms with E-state index in [0.717, 1.165) is 32.7 Å². The maximum absolute atomic E-state index is 5.58. The van der Waals surface area contributed by atoms with Crippen molar-refractivity contribution in [1.29, 1.82) is 0 Å². The molecule has 0 aliphatic carbocycles. The quantitative estimate of drug-likeness (QED) is 0.543. The van der Waals surface area contributed by atoms with E-state index in [2.05, 4.69) is 17.1 Å². The van der Waals surface area contributed by atoms with Gasteiger partial charge < -0.3 is 15.0 Å². The maximum atomic E-state index is 5.58. The number of likely N-dealkylation sites (tertiary alicyclic amines) is 1. The first-order valence-corrected chi connectivity index (χ1v) is 7.94. The van der Waals surface area contributed by atoms with Crippen LogP contribution < -0.4 is 5.32 Å². The highest BCUT2D eigenvalue weighted by atomic mass is 16.5. The topological polar surface area (TPSA) is 24.5 Å². The van der Waals surface area contributed by atoms with Crippen molar-refractivity contribution in [2.24, 2.45) is 0 Å². The molecule has 0 radical (unpaired) electrons. The molecule has 1 rings (SSSR count). The number of unbranched alkanes of at least 4 members (excludes halogenated alkanes) is 2. The summed E-state index contributed by atoms with van der Waals surface area (Å²) < 4.78 is 5.58. The number of hydrogen-bond acceptors (Lipinski definition) is 3. The predicted octanol–water partition coefficient (Wildman–Crippen LogP) is 2.66. The molecular formula is C15H32N2O. The first kappa shape index (κ1) is 15.9. The Morgan fingerprint density at radius 2 is 1.67 bits per heavy atom. The van der Waals surface area contributed by atoms with E-state index in [-0.39, 0.29) is 0 Å². The summed E-state index contributed by atoms with van der Waals surface area (Å²) in [7, 11) is 0. The summed E-state index contributed by atoms with van der Waals surface area (Å²) in [5.74, 6) is 0. The van der Waals surface area contributed by atoms with Crippen molar-refractivity contribution in [2.45, 2.75) is 51.9 Å². The maximum Gasteiger partial charge on any atom is 0.0478 e. The summed E-state index contributed by atoms with van der Waals surface area (Å²) in [6, 6.07) is 0. The second kappa shape index (κ2) is 11.9. The lowest BCUT2D eigenvalue weighted by molar-refractivity contribution is 0.128. The Kier molecular flexibility index (Phi) is 10.6. The average Bonchev–Trinajstić information content (AvgIpc) is 2.89. The zero-order valence-corrected chi connectivity index (χ0v) is 12.3. The fourth-order valence-corrected chi connectivity index (χ4v) is 2.41. The minimum Gasteiger partial charge on any atom is -0.381 e. The van der Waals surface area contributed by atoms with Crippen molar-refractivity contribution in [3.05, 3.63) is 0 Å². The fraction of sp³-hybridized carbons (Fsp3) is 1.00. The summed E-state index contributed by atoms with van der Waals surface area (Å²) in [6.45, 7) is 10.3. The van der Waals surface area contributed by atoms with Gasteiger partial charge in [-0.2, -0.15) is 0 Å². The number of rotatable bonds is 12. The van der Waals surface area contributed by atoms with E-state index in [1.165, 1.54) is 58.2 Å². The van der Waals surface area contributed by atoms with Gasteiger partial charge in [-0.15, -0.1) is 0 Å². The van der Waals surface area contributed by atoms with Gasteiger partial charge in [0.1, 0.15) is 0 Å². The van der Waals surface area contributed by atoms with Gasteiger partial charge in [-0.25, -0.2) is 0 Å². The Morgan fingerprint density at radius 1 is 0.944 bits per heavy atom. The van der Waals surface area contributed by atoms with E-state index in [0.29, 0.717) is 0 Å². The van der Waals surface area contributed by atoms with Gasteiger partial charge in [-0.3, -0.25) is 0 Å². The van der Waals surface area contributed by atoms with Crippen LogP contribution >= 0.6 is 0 Å². The number of nitrogens with one attached hydrogen (secondary N) is 1. The molecule has 1 aliphatic rings. The first-order valence-electron chi connectivity index (χ1n) is 7.94. The molecule has 0 atom stereocenters. The van der Waals surface area contributed by atoms with Crippen molar-refractivity contribution in [3.8, 4) is 0 Å². The zero-order chi connectivity index (χ0) is 12.9. The van der Waals surface area contributed by atoms with Gasteiger partial charge in [0.05, 0.1) is 0 Å². The van der Waals surface area contributed by atoms with Gasteiger partial charge in [0.2, 0.25) is 0 Å². The molecule has 1 aliphatic heterocycles. The molecule has 18 heavy (non-hydrogen) atoms. The third-order valence-electron chi connectivity index (χ3n) is 3.56. The van der Waals surface area contributed by atoms with Gasteiger partial charge in [0, 0.05) is 13.2 Å². The van der Waals surface area contributed by atoms with Crippen molar-refractivity contribution in [2.75, 3.05) is 45.9 Å². The molecule has 0 aromatic rings. The fourth-order valence-electron chi connectivity index (χ4n) is 2.41. The van der Waals surface area contributed by atoms with Gasteiger partial charge in [0.15, 0.2) is 0 Å². The van der Waals surface area contributed by atoms with E-state index in [1.807, 2.05) is 0 Å². The second-order valence-electron chi connectivity index (χ2n) is 5.33. The van der Waals surface area contributed by atoms with Crippen LogP contribution in [0.25, 0.3) is 0 Å². The highest BCUT2D eigenvalue weighted by Crippen LogP contribution is 2.06. The van der Waals surface area contributed by atoms with Gasteiger partial charge in [-0.1, -0.05) is 19.8 Å². The molecular weight excluding hydrogens is 224 g/mol. The molecule has 0 unspecified atom stereocenters. The highest BCUT2D eigenvalue weighted by molar-refractivity contribution is 4.66. The Morgan fingerprint density at radius 3 is 2.44 bits per heavy atom. The van der Waals surface area contributed by atoms with Crippen LogP contribution in [-0.4, -0.2) is 50.8 Å². The van der Waals surface area contributed by atoms with Crippen molar-refractivity contribution >= 4 is 0 Å². The van der Waals surface area contributed by atoms with Crippen LogP contribution in [0.2, 0.25) is 0 Å². The summed E-state index contributed by atoms with van der Waals surface area (Å²) >= 11 is 0. The van der Waals surface area contributed by atoms with Crippen molar-refractivity contribution in [3.63, 3.8) is 0 Å². The van der Waals surface area contributed by atoms with E-state index in [4.69, 9.17) is 4.74 Å². The largest absolute Gasteiger partial charge is 0.381 e. The van der Waals surface area contributed by atoms with Crippen LogP contribution in [0.15, 0.2) is 0 Å². The standard InChI is InChI=1S/C15H32N2O/c1-2-3-6-14-18-15-8-10-16-9-7-13-17-11-4-5-12-17/h16H,2-15H2,1H3. The lowest BCUT2D eigenvalue weighted by atomic mass is 10.3. The summed E-state index contributed by atoms with van der Waals surface area (Å²) in [5, 5.41) is 3.50. The normalized spacial score (nSPS) is 16.5. The van der Waals surface area contributed by atoms with E-state index in [1.54, 1.807) is 0 Å². The minimum absolute atomic E-state index is 0.919. The van der Waals surface area contributed by atoms with E-state index in [9.17, 15) is 0 Å². The molecule has 0 saturated carbocycles. The SMILES string of the molecule is CCCCCOCCCNCCCN1CCCC1. The van der Waals surface area contributed by atoms with Gasteiger partial charge >= 0.3 is 0 Å². The smallest absolute Gasteiger partial charge is 0.0478 e. The third-order valence-corrected chi connectivity index (χ3v) is 3.56. The Balaban J connectivity index is 1.68. The molecule has 0 spiro atoms. The molecule has 0 aromatic heterocycles. The molecule has 1 saturated heterocycles. The monoisotopic (exact) mass is 256 g/mol. The van der Waals surface area contributed by atoms with Crippen LogP contribution in [0.3, 0.4) is 0 Å². The Labute approximate surface area is 113 Å². The molecule has 3 heteroatoms. The number of ether oxygens (including phenoxy) is 1. The molecule has 108 valence electrons. The molecule has 1 fully saturated rings. The lowest BCUT2D eigenvalue weighted by Crippen LogP contribution is -2.25. The zero-order valence-electron chi connectivity index (χ0n) is 12.3. The van der Waals surface area contributed by atoms with Gasteiger partial charge in [0.25, 0.3) is 0 Å². The lowest BCUT2D eigenvalue weighted by Gasteiger charge is -2.14. The van der Waals surface area contributed by atoms with Crippen LogP contribution in [0.4, 0.5) is 0 Å². The molecule has 3 nitrogen and oxygen atoms in total. The second-order valence-corrected chi connectivity index (χ2v) is 5.33. The van der Waals surface area contributed by atoms with Gasteiger partial charge in [-0.05, 0) is 64.8 Å². The third kappa shape index (κ3) is 8.90. The molecule has 0 aromatic carbocycles. The van der Waals surface area contributed by atoms with Crippen molar-refractivity contribution < 1.29 is 4.74 Å². The van der Waals surface area contributed by atoms with Crippen LogP contribution in [0, 0.1) is 0 Å². The molecule has 0 amide bonds. The highest BCUT2D eigenvalue weighted by Gasteiger charge is 2.09. The first-order chi connectivity index (χ1) is 8.93. The summed E-state index contributed by atoms with van der Waals surface area (Å²) in [5.41, 5.74) is 0. The van der Waals surface area contributed by atoms with Crippen LogP contribution in [0.1, 0.15) is 51.9 Å². The summed E-state index contributed by atoms with van der Waals surface area (Å²) in [4.78, 5) is 2.58. The van der Waals surface area contributed by atoms with E-state index >= 15 is 0 Å². The number of nitrogens with zero attached hydrogens (tertiary/aromatic N) is 1. The van der Waals surface area contributed by atoms with Crippen LogP contribution in [-0.2, 0) is 4.74 Å².